The fourth-order valence-corrected chi connectivity index (χ4v) is 1.22. The number of hydrogen-bond acceptors (Lipinski definition) is 5. The first-order valence-electron chi connectivity index (χ1n) is 5.85. The Morgan fingerprint density at radius 1 is 1.42 bits per heavy atom. The van der Waals surface area contributed by atoms with Crippen molar-refractivity contribution in [3.8, 4) is 0 Å². The van der Waals surface area contributed by atoms with Gasteiger partial charge in [-0.3, -0.25) is 4.79 Å². The van der Waals surface area contributed by atoms with Crippen LogP contribution in [0.15, 0.2) is 12.1 Å². The maximum absolute atomic E-state index is 11.8. The number of alkyl halides is 2. The summed E-state index contributed by atoms with van der Waals surface area (Å²) in [6, 6.07) is 3.12. The topological polar surface area (TPSA) is 76.1 Å². The molecule has 0 bridgehead atoms. The molecule has 1 aromatic heterocycles. The average molecular weight is 274 g/mol. The van der Waals surface area contributed by atoms with Gasteiger partial charge in [0.1, 0.15) is 12.4 Å². The lowest BCUT2D eigenvalue weighted by atomic mass is 10.3. The number of ether oxygens (including phenoxy) is 1. The quantitative estimate of drug-likeness (QED) is 0.689. The number of rotatable bonds is 8. The van der Waals surface area contributed by atoms with Crippen LogP contribution in [0.25, 0.3) is 0 Å². The number of carbonyl (C=O) groups is 1. The third kappa shape index (κ3) is 6.05. The second-order valence-corrected chi connectivity index (χ2v) is 3.56. The van der Waals surface area contributed by atoms with E-state index in [9.17, 15) is 13.6 Å². The molecule has 8 heteroatoms. The maximum Gasteiger partial charge on any atom is 0.271 e. The first-order valence-corrected chi connectivity index (χ1v) is 5.85. The van der Waals surface area contributed by atoms with Crippen molar-refractivity contribution in [1.29, 1.82) is 0 Å². The minimum atomic E-state index is -2.46. The minimum Gasteiger partial charge on any atom is -0.374 e. The van der Waals surface area contributed by atoms with Gasteiger partial charge in [-0.05, 0) is 19.1 Å². The third-order valence-corrected chi connectivity index (χ3v) is 2.03. The lowest BCUT2D eigenvalue weighted by molar-refractivity contribution is 0.0214. The van der Waals surface area contributed by atoms with E-state index >= 15 is 0 Å². The van der Waals surface area contributed by atoms with Crippen molar-refractivity contribution >= 4 is 11.7 Å². The molecule has 1 heterocycles. The summed E-state index contributed by atoms with van der Waals surface area (Å²) in [6.45, 7) is 2.22. The van der Waals surface area contributed by atoms with Crippen molar-refractivity contribution in [2.75, 3.05) is 31.6 Å². The molecule has 0 fully saturated rings. The Balaban J connectivity index is 2.30. The van der Waals surface area contributed by atoms with Crippen LogP contribution in [0.4, 0.5) is 14.6 Å². The van der Waals surface area contributed by atoms with Gasteiger partial charge in [0.15, 0.2) is 5.69 Å². The van der Waals surface area contributed by atoms with Crippen molar-refractivity contribution in [3.05, 3.63) is 17.8 Å². The molecule has 1 rings (SSSR count). The van der Waals surface area contributed by atoms with Gasteiger partial charge < -0.3 is 15.4 Å². The molecule has 0 unspecified atom stereocenters. The summed E-state index contributed by atoms with van der Waals surface area (Å²) >= 11 is 0. The van der Waals surface area contributed by atoms with Gasteiger partial charge in [0.25, 0.3) is 12.3 Å². The summed E-state index contributed by atoms with van der Waals surface area (Å²) in [5, 5.41) is 13.0. The van der Waals surface area contributed by atoms with Gasteiger partial charge in [-0.25, -0.2) is 8.78 Å². The van der Waals surface area contributed by atoms with E-state index in [1.54, 1.807) is 13.0 Å². The van der Waals surface area contributed by atoms with E-state index in [2.05, 4.69) is 25.6 Å². The van der Waals surface area contributed by atoms with Gasteiger partial charge >= 0.3 is 0 Å². The molecule has 0 atom stereocenters. The molecule has 0 aliphatic carbocycles. The van der Waals surface area contributed by atoms with Crippen LogP contribution in [-0.2, 0) is 4.74 Å². The summed E-state index contributed by atoms with van der Waals surface area (Å²) in [6.07, 6.45) is -2.46. The molecular formula is C11H16F2N4O2. The highest BCUT2D eigenvalue weighted by Gasteiger charge is 2.06. The molecule has 1 aromatic rings. The molecule has 0 aliphatic heterocycles. The summed E-state index contributed by atoms with van der Waals surface area (Å²) < 4.78 is 28.2. The number of hydrogen-bond donors (Lipinski definition) is 2. The number of halogens is 2. The van der Waals surface area contributed by atoms with Crippen LogP contribution in [0.2, 0.25) is 0 Å². The number of carbonyl (C=O) groups excluding carboxylic acids is 1. The molecule has 0 aromatic carbocycles. The van der Waals surface area contributed by atoms with Crippen molar-refractivity contribution in [2.24, 2.45) is 0 Å². The highest BCUT2D eigenvalue weighted by molar-refractivity contribution is 5.92. The Kier molecular flexibility index (Phi) is 6.65. The molecule has 0 spiro atoms. The molecule has 0 radical (unpaired) electrons. The first-order chi connectivity index (χ1) is 9.13. The van der Waals surface area contributed by atoms with E-state index < -0.39 is 13.0 Å². The molecule has 0 saturated heterocycles. The van der Waals surface area contributed by atoms with Crippen LogP contribution >= 0.6 is 0 Å². The Bertz CT molecular complexity index is 387. The smallest absolute Gasteiger partial charge is 0.271 e. The van der Waals surface area contributed by atoms with Gasteiger partial charge in [-0.1, -0.05) is 0 Å². The Morgan fingerprint density at radius 2 is 2.21 bits per heavy atom. The number of amides is 1. The molecular weight excluding hydrogens is 258 g/mol. The molecule has 0 saturated carbocycles. The molecule has 6 nitrogen and oxygen atoms in total. The second kappa shape index (κ2) is 8.30. The zero-order valence-corrected chi connectivity index (χ0v) is 10.5. The fraction of sp³-hybridized carbons (Fsp3) is 0.545. The van der Waals surface area contributed by atoms with E-state index in [4.69, 9.17) is 0 Å². The summed E-state index contributed by atoms with van der Waals surface area (Å²) in [5.41, 5.74) is 0.223. The van der Waals surface area contributed by atoms with Gasteiger partial charge in [-0.15, -0.1) is 10.2 Å². The summed E-state index contributed by atoms with van der Waals surface area (Å²) in [7, 11) is 0. The zero-order valence-electron chi connectivity index (χ0n) is 10.5. The lowest BCUT2D eigenvalue weighted by Crippen LogP contribution is -2.24. The highest BCUT2D eigenvalue weighted by atomic mass is 19.3. The van der Waals surface area contributed by atoms with E-state index in [0.29, 0.717) is 18.9 Å². The first kappa shape index (κ1) is 15.2. The largest absolute Gasteiger partial charge is 0.374 e. The van der Waals surface area contributed by atoms with Gasteiger partial charge in [0.05, 0.1) is 6.61 Å². The van der Waals surface area contributed by atoms with Crippen LogP contribution in [0.5, 0.6) is 0 Å². The number of anilines is 1. The highest BCUT2D eigenvalue weighted by Crippen LogP contribution is 2.01. The van der Waals surface area contributed by atoms with Crippen LogP contribution in [0, 0.1) is 0 Å². The summed E-state index contributed by atoms with van der Waals surface area (Å²) in [5.74, 6) is 0.163. The number of nitrogens with one attached hydrogen (secondary N) is 2. The second-order valence-electron chi connectivity index (χ2n) is 3.56. The van der Waals surface area contributed by atoms with E-state index in [1.165, 1.54) is 6.07 Å². The normalized spacial score (nSPS) is 10.5. The molecule has 1 amide bonds. The number of aromatic nitrogens is 2. The maximum atomic E-state index is 11.8. The third-order valence-electron chi connectivity index (χ3n) is 2.03. The van der Waals surface area contributed by atoms with Crippen LogP contribution in [-0.4, -0.2) is 48.8 Å². The van der Waals surface area contributed by atoms with Crippen LogP contribution in [0.3, 0.4) is 0 Å². The van der Waals surface area contributed by atoms with Crippen molar-refractivity contribution in [3.63, 3.8) is 0 Å². The SMILES string of the molecule is CCNC(=O)c1ccc(NCCOCC(F)F)nn1. The van der Waals surface area contributed by atoms with Gasteiger partial charge in [-0.2, -0.15) is 0 Å². The average Bonchev–Trinajstić information content (AvgIpc) is 2.39. The van der Waals surface area contributed by atoms with E-state index in [0.717, 1.165) is 0 Å². The number of nitrogens with zero attached hydrogens (tertiary/aromatic N) is 2. The van der Waals surface area contributed by atoms with E-state index in [-0.39, 0.29) is 18.2 Å². The van der Waals surface area contributed by atoms with Crippen molar-refractivity contribution < 1.29 is 18.3 Å². The van der Waals surface area contributed by atoms with Crippen molar-refractivity contribution in [1.82, 2.24) is 15.5 Å². The van der Waals surface area contributed by atoms with Gasteiger partial charge in [0, 0.05) is 13.1 Å². The standard InChI is InChI=1S/C11H16F2N4O2/c1-2-14-11(18)8-3-4-10(17-16-8)15-5-6-19-7-9(12)13/h3-4,9H,2,5-7H2,1H3,(H,14,18)(H,15,17). The predicted molar refractivity (Wildman–Crippen MR) is 65.4 cm³/mol. The molecule has 19 heavy (non-hydrogen) atoms. The molecule has 0 aliphatic rings. The van der Waals surface area contributed by atoms with E-state index in [1.807, 2.05) is 0 Å². The Hall–Kier alpha value is -1.83. The van der Waals surface area contributed by atoms with Gasteiger partial charge in [0.2, 0.25) is 0 Å². The Morgan fingerprint density at radius 3 is 2.79 bits per heavy atom. The van der Waals surface area contributed by atoms with Crippen LogP contribution in [0.1, 0.15) is 17.4 Å². The van der Waals surface area contributed by atoms with Crippen molar-refractivity contribution in [2.45, 2.75) is 13.3 Å². The lowest BCUT2D eigenvalue weighted by Gasteiger charge is -2.06. The Labute approximate surface area is 109 Å². The minimum absolute atomic E-state index is 0.143. The predicted octanol–water partition coefficient (Wildman–Crippen LogP) is 0.920. The fourth-order valence-electron chi connectivity index (χ4n) is 1.22. The van der Waals surface area contributed by atoms with Crippen LogP contribution < -0.4 is 10.6 Å². The molecule has 2 N–H and O–H groups in total. The summed E-state index contributed by atoms with van der Waals surface area (Å²) in [4.78, 5) is 11.4. The zero-order chi connectivity index (χ0) is 14.1. The molecule has 106 valence electrons. The monoisotopic (exact) mass is 274 g/mol.